The van der Waals surface area contributed by atoms with Crippen LogP contribution in [0.15, 0.2) is 24.3 Å². The standard InChI is InChI=1S/C15H18N2O/c1-3-7-12(4-2)16-15(18)14-10-11-8-5-6-9-13(11)17-14/h2,5-6,8-9,12,14,17H,3,7,10H2,1H3,(H,16,18). The zero-order chi connectivity index (χ0) is 13.0. The van der Waals surface area contributed by atoms with Crippen LogP contribution in [0.1, 0.15) is 25.3 Å². The lowest BCUT2D eigenvalue weighted by Crippen LogP contribution is -2.43. The van der Waals surface area contributed by atoms with Gasteiger partial charge in [0.1, 0.15) is 6.04 Å². The monoisotopic (exact) mass is 242 g/mol. The van der Waals surface area contributed by atoms with Crippen LogP contribution in [0, 0.1) is 12.3 Å². The molecule has 1 heterocycles. The molecule has 2 rings (SSSR count). The van der Waals surface area contributed by atoms with Gasteiger partial charge in [-0.1, -0.05) is 37.5 Å². The van der Waals surface area contributed by atoms with Gasteiger partial charge in [-0.2, -0.15) is 0 Å². The van der Waals surface area contributed by atoms with E-state index >= 15 is 0 Å². The number of amides is 1. The Morgan fingerprint density at radius 3 is 3.06 bits per heavy atom. The van der Waals surface area contributed by atoms with Crippen molar-refractivity contribution in [3.05, 3.63) is 29.8 Å². The van der Waals surface area contributed by atoms with Gasteiger partial charge < -0.3 is 10.6 Å². The number of nitrogens with one attached hydrogen (secondary N) is 2. The first-order valence-electron chi connectivity index (χ1n) is 6.35. The van der Waals surface area contributed by atoms with Crippen LogP contribution in [-0.2, 0) is 11.2 Å². The van der Waals surface area contributed by atoms with E-state index in [4.69, 9.17) is 6.42 Å². The number of hydrogen-bond donors (Lipinski definition) is 2. The van der Waals surface area contributed by atoms with Gasteiger partial charge in [0.25, 0.3) is 0 Å². The van der Waals surface area contributed by atoms with Crippen molar-refractivity contribution in [2.75, 3.05) is 5.32 Å². The van der Waals surface area contributed by atoms with E-state index < -0.39 is 0 Å². The van der Waals surface area contributed by atoms with Crippen molar-refractivity contribution in [2.24, 2.45) is 0 Å². The highest BCUT2D eigenvalue weighted by molar-refractivity contribution is 5.87. The molecule has 0 aliphatic carbocycles. The third-order valence-electron chi connectivity index (χ3n) is 3.18. The van der Waals surface area contributed by atoms with Gasteiger partial charge in [-0.15, -0.1) is 6.42 Å². The van der Waals surface area contributed by atoms with Crippen molar-refractivity contribution >= 4 is 11.6 Å². The van der Waals surface area contributed by atoms with Gasteiger partial charge >= 0.3 is 0 Å². The van der Waals surface area contributed by atoms with Crippen molar-refractivity contribution in [3.8, 4) is 12.3 Å². The predicted octanol–water partition coefficient (Wildman–Crippen LogP) is 1.94. The predicted molar refractivity (Wildman–Crippen MR) is 73.2 cm³/mol. The smallest absolute Gasteiger partial charge is 0.243 e. The number of fused-ring (bicyclic) bond motifs is 1. The van der Waals surface area contributed by atoms with Gasteiger partial charge in [-0.25, -0.2) is 0 Å². The Bertz CT molecular complexity index is 451. The van der Waals surface area contributed by atoms with Gasteiger partial charge in [0.15, 0.2) is 0 Å². The van der Waals surface area contributed by atoms with Gasteiger partial charge in [0.05, 0.1) is 6.04 Å². The molecule has 1 aliphatic rings. The number of para-hydroxylation sites is 1. The number of rotatable bonds is 4. The molecule has 3 heteroatoms. The number of terminal acetylenes is 1. The van der Waals surface area contributed by atoms with Crippen LogP contribution in [0.4, 0.5) is 5.69 Å². The van der Waals surface area contributed by atoms with E-state index in [-0.39, 0.29) is 18.0 Å². The van der Waals surface area contributed by atoms with E-state index in [0.717, 1.165) is 24.9 Å². The van der Waals surface area contributed by atoms with Crippen LogP contribution >= 0.6 is 0 Å². The van der Waals surface area contributed by atoms with Crippen molar-refractivity contribution in [1.82, 2.24) is 5.32 Å². The Morgan fingerprint density at radius 2 is 2.39 bits per heavy atom. The van der Waals surface area contributed by atoms with E-state index in [1.54, 1.807) is 0 Å². The minimum absolute atomic E-state index is 0.0115. The molecule has 2 N–H and O–H groups in total. The fourth-order valence-electron chi connectivity index (χ4n) is 2.21. The second kappa shape index (κ2) is 5.59. The van der Waals surface area contributed by atoms with Crippen molar-refractivity contribution in [1.29, 1.82) is 0 Å². The molecule has 18 heavy (non-hydrogen) atoms. The Morgan fingerprint density at radius 1 is 1.61 bits per heavy atom. The summed E-state index contributed by atoms with van der Waals surface area (Å²) in [6, 6.07) is 7.63. The molecule has 94 valence electrons. The van der Waals surface area contributed by atoms with E-state index in [0.29, 0.717) is 0 Å². The number of benzene rings is 1. The largest absolute Gasteiger partial charge is 0.373 e. The number of anilines is 1. The lowest BCUT2D eigenvalue weighted by Gasteiger charge is -2.16. The maximum absolute atomic E-state index is 12.1. The highest BCUT2D eigenvalue weighted by Gasteiger charge is 2.27. The summed E-state index contributed by atoms with van der Waals surface area (Å²) in [4.78, 5) is 12.1. The summed E-state index contributed by atoms with van der Waals surface area (Å²) < 4.78 is 0. The van der Waals surface area contributed by atoms with Crippen LogP contribution in [-0.4, -0.2) is 18.0 Å². The molecule has 1 aromatic rings. The minimum Gasteiger partial charge on any atom is -0.373 e. The Labute approximate surface area is 108 Å². The molecule has 0 bridgehead atoms. The van der Waals surface area contributed by atoms with E-state index in [9.17, 15) is 4.79 Å². The molecule has 3 nitrogen and oxygen atoms in total. The highest BCUT2D eigenvalue weighted by Crippen LogP contribution is 2.25. The topological polar surface area (TPSA) is 41.1 Å². The summed E-state index contributed by atoms with van der Waals surface area (Å²) in [5, 5.41) is 6.13. The second-order valence-corrected chi connectivity index (χ2v) is 4.57. The Kier molecular flexibility index (Phi) is 3.88. The highest BCUT2D eigenvalue weighted by atomic mass is 16.2. The van der Waals surface area contributed by atoms with Crippen LogP contribution < -0.4 is 10.6 Å². The normalized spacial score (nSPS) is 18.3. The summed E-state index contributed by atoms with van der Waals surface area (Å²) in [5.41, 5.74) is 2.23. The van der Waals surface area contributed by atoms with Gasteiger partial charge in [0, 0.05) is 12.1 Å². The molecule has 2 unspecified atom stereocenters. The van der Waals surface area contributed by atoms with E-state index in [2.05, 4.69) is 23.5 Å². The molecular weight excluding hydrogens is 224 g/mol. The summed E-state index contributed by atoms with van der Waals surface area (Å²) in [7, 11) is 0. The second-order valence-electron chi connectivity index (χ2n) is 4.57. The lowest BCUT2D eigenvalue weighted by molar-refractivity contribution is -0.122. The van der Waals surface area contributed by atoms with Crippen molar-refractivity contribution in [2.45, 2.75) is 38.3 Å². The average molecular weight is 242 g/mol. The maximum atomic E-state index is 12.1. The molecule has 1 amide bonds. The van der Waals surface area contributed by atoms with Crippen LogP contribution in [0.5, 0.6) is 0 Å². The quantitative estimate of drug-likeness (QED) is 0.792. The first kappa shape index (κ1) is 12.5. The molecule has 0 saturated carbocycles. The zero-order valence-electron chi connectivity index (χ0n) is 10.6. The first-order valence-corrected chi connectivity index (χ1v) is 6.35. The minimum atomic E-state index is -0.199. The Balaban J connectivity index is 1.95. The summed E-state index contributed by atoms with van der Waals surface area (Å²) in [5.74, 6) is 2.61. The van der Waals surface area contributed by atoms with Gasteiger partial charge in [0.2, 0.25) is 5.91 Å². The van der Waals surface area contributed by atoms with Gasteiger partial charge in [-0.05, 0) is 18.1 Å². The summed E-state index contributed by atoms with van der Waals surface area (Å²) in [6.45, 7) is 2.06. The van der Waals surface area contributed by atoms with Crippen molar-refractivity contribution < 1.29 is 4.79 Å². The van der Waals surface area contributed by atoms with Crippen molar-refractivity contribution in [3.63, 3.8) is 0 Å². The Hall–Kier alpha value is -1.95. The maximum Gasteiger partial charge on any atom is 0.243 e. The fraction of sp³-hybridized carbons (Fsp3) is 0.400. The van der Waals surface area contributed by atoms with E-state index in [1.165, 1.54) is 5.56 Å². The van der Waals surface area contributed by atoms with E-state index in [1.807, 2.05) is 24.3 Å². The molecule has 0 aromatic heterocycles. The SMILES string of the molecule is C#CC(CCC)NC(=O)C1Cc2ccccc2N1. The zero-order valence-corrected chi connectivity index (χ0v) is 10.6. The van der Waals surface area contributed by atoms with Crippen LogP contribution in [0.2, 0.25) is 0 Å². The van der Waals surface area contributed by atoms with Crippen LogP contribution in [0.25, 0.3) is 0 Å². The third-order valence-corrected chi connectivity index (χ3v) is 3.18. The molecular formula is C15H18N2O. The molecule has 1 aromatic carbocycles. The molecule has 0 saturated heterocycles. The summed E-state index contributed by atoms with van der Waals surface area (Å²) >= 11 is 0. The first-order chi connectivity index (χ1) is 8.74. The third kappa shape index (κ3) is 2.65. The molecule has 0 fully saturated rings. The molecule has 0 radical (unpaired) electrons. The molecule has 2 atom stereocenters. The van der Waals surface area contributed by atoms with Crippen LogP contribution in [0.3, 0.4) is 0 Å². The fourth-order valence-corrected chi connectivity index (χ4v) is 2.21. The number of hydrogen-bond acceptors (Lipinski definition) is 2. The number of carbonyl (C=O) groups excluding carboxylic acids is 1. The van der Waals surface area contributed by atoms with Gasteiger partial charge in [-0.3, -0.25) is 4.79 Å². The molecule has 1 aliphatic heterocycles. The number of carbonyl (C=O) groups is 1. The molecule has 0 spiro atoms. The lowest BCUT2D eigenvalue weighted by atomic mass is 10.1. The summed E-state index contributed by atoms with van der Waals surface area (Å²) in [6.07, 6.45) is 7.92. The average Bonchev–Trinajstić information content (AvgIpc) is 2.82.